The number of ether oxygens (including phenoxy) is 2. The van der Waals surface area contributed by atoms with Crippen LogP contribution in [0.4, 0.5) is 17.8 Å². The van der Waals surface area contributed by atoms with E-state index in [1.807, 2.05) is 18.2 Å². The third-order valence-electron chi connectivity index (χ3n) is 7.20. The molecule has 9 nitrogen and oxygen atoms in total. The summed E-state index contributed by atoms with van der Waals surface area (Å²) in [6.45, 7) is 5.19. The summed E-state index contributed by atoms with van der Waals surface area (Å²) in [6, 6.07) is 18.5. The highest BCUT2D eigenvalue weighted by Crippen LogP contribution is 2.35. The number of hydrogen-bond acceptors (Lipinski definition) is 9. The summed E-state index contributed by atoms with van der Waals surface area (Å²) in [5.41, 5.74) is 5.05. The molecule has 6 rings (SSSR count). The topological polar surface area (TPSA) is 88.0 Å². The normalized spacial score (nSPS) is 16.0. The van der Waals surface area contributed by atoms with E-state index in [2.05, 4.69) is 98.6 Å². The number of hydrogen-bond donors (Lipinski definition) is 1. The summed E-state index contributed by atoms with van der Waals surface area (Å²) in [5, 5.41) is 6.84. The lowest BCUT2D eigenvalue weighted by Crippen LogP contribution is -2.38. The summed E-state index contributed by atoms with van der Waals surface area (Å²) in [7, 11) is 0. The molecule has 3 aromatic carbocycles. The Bertz CT molecular complexity index is 1470. The highest BCUT2D eigenvalue weighted by molar-refractivity contribution is 9.11. The molecule has 0 spiro atoms. The first-order valence-corrected chi connectivity index (χ1v) is 15.4. The quantitative estimate of drug-likeness (QED) is 0.169. The standard InChI is InChI=1S/C30H31Br2N7O2/c31-25-17-21(18-26(32)27(25)41-20-23-9-6-8-22-7-2-3-10-24(22)23)19-33-37-28-34-29(38-11-4-1-5-12-38)36-30(35-28)39-13-15-40-16-14-39/h2-3,6-10,17-19H,1,4-5,11-16,20H2,(H,34,35,36,37)/b33-19-. The van der Waals surface area contributed by atoms with Crippen LogP contribution in [0, 0.1) is 0 Å². The summed E-state index contributed by atoms with van der Waals surface area (Å²) >= 11 is 7.35. The fourth-order valence-corrected chi connectivity index (χ4v) is 6.52. The third kappa shape index (κ3) is 6.79. The van der Waals surface area contributed by atoms with E-state index in [1.54, 1.807) is 6.21 Å². The monoisotopic (exact) mass is 679 g/mol. The molecule has 1 N–H and O–H groups in total. The number of piperidine rings is 1. The predicted molar refractivity (Wildman–Crippen MR) is 170 cm³/mol. The zero-order chi connectivity index (χ0) is 28.0. The Hall–Kier alpha value is -3.28. The summed E-state index contributed by atoms with van der Waals surface area (Å²) in [5.74, 6) is 2.50. The van der Waals surface area contributed by atoms with Crippen LogP contribution in [0.25, 0.3) is 10.8 Å². The van der Waals surface area contributed by atoms with E-state index in [-0.39, 0.29) is 0 Å². The van der Waals surface area contributed by atoms with Gasteiger partial charge in [-0.1, -0.05) is 42.5 Å². The van der Waals surface area contributed by atoms with Crippen LogP contribution in [0.5, 0.6) is 5.75 Å². The van der Waals surface area contributed by atoms with Gasteiger partial charge in [0.15, 0.2) is 0 Å². The Labute approximate surface area is 256 Å². The molecule has 3 heterocycles. The Morgan fingerprint density at radius 1 is 0.854 bits per heavy atom. The van der Waals surface area contributed by atoms with Crippen LogP contribution in [-0.2, 0) is 11.3 Å². The van der Waals surface area contributed by atoms with Gasteiger partial charge in [-0.2, -0.15) is 20.1 Å². The molecular weight excluding hydrogens is 650 g/mol. The first kappa shape index (κ1) is 27.9. The van der Waals surface area contributed by atoms with Crippen LogP contribution in [0.15, 0.2) is 68.6 Å². The average Bonchev–Trinajstić information content (AvgIpc) is 3.01. The molecule has 0 atom stereocenters. The maximum Gasteiger partial charge on any atom is 0.250 e. The minimum absolute atomic E-state index is 0.423. The van der Waals surface area contributed by atoms with Crippen molar-refractivity contribution in [3.05, 3.63) is 74.7 Å². The first-order chi connectivity index (χ1) is 20.1. The maximum atomic E-state index is 6.23. The van der Waals surface area contributed by atoms with Gasteiger partial charge in [0.1, 0.15) is 12.4 Å². The van der Waals surface area contributed by atoms with Gasteiger partial charge >= 0.3 is 0 Å². The average molecular weight is 681 g/mol. The zero-order valence-corrected chi connectivity index (χ0v) is 25.8. The van der Waals surface area contributed by atoms with Crippen LogP contribution in [0.1, 0.15) is 30.4 Å². The van der Waals surface area contributed by atoms with Crippen molar-refractivity contribution in [2.45, 2.75) is 25.9 Å². The van der Waals surface area contributed by atoms with E-state index in [1.165, 1.54) is 17.2 Å². The van der Waals surface area contributed by atoms with Crippen molar-refractivity contribution >= 4 is 66.7 Å². The molecule has 0 radical (unpaired) electrons. The number of nitrogens with one attached hydrogen (secondary N) is 1. The van der Waals surface area contributed by atoms with Gasteiger partial charge in [0.05, 0.1) is 28.4 Å². The summed E-state index contributed by atoms with van der Waals surface area (Å²) < 4.78 is 13.4. The molecule has 0 unspecified atom stereocenters. The summed E-state index contributed by atoms with van der Waals surface area (Å²) in [4.78, 5) is 18.5. The minimum Gasteiger partial charge on any atom is -0.487 e. The molecule has 0 aliphatic carbocycles. The molecule has 1 aromatic heterocycles. The molecule has 212 valence electrons. The van der Waals surface area contributed by atoms with E-state index in [0.717, 1.165) is 64.8 Å². The van der Waals surface area contributed by atoms with Gasteiger partial charge in [0.25, 0.3) is 0 Å². The first-order valence-electron chi connectivity index (χ1n) is 13.9. The van der Waals surface area contributed by atoms with Crippen LogP contribution in [-0.4, -0.2) is 60.6 Å². The van der Waals surface area contributed by atoms with Crippen molar-refractivity contribution in [2.75, 3.05) is 54.6 Å². The number of rotatable bonds is 8. The van der Waals surface area contributed by atoms with Gasteiger partial charge in [0, 0.05) is 26.2 Å². The molecule has 0 bridgehead atoms. The molecule has 2 aliphatic rings. The van der Waals surface area contributed by atoms with Crippen LogP contribution in [0.2, 0.25) is 0 Å². The predicted octanol–water partition coefficient (Wildman–Crippen LogP) is 6.40. The Balaban J connectivity index is 1.16. The van der Waals surface area contributed by atoms with Crippen LogP contribution < -0.4 is 20.0 Å². The van der Waals surface area contributed by atoms with E-state index in [4.69, 9.17) is 14.5 Å². The molecule has 2 saturated heterocycles. The summed E-state index contributed by atoms with van der Waals surface area (Å²) in [6.07, 6.45) is 5.27. The lowest BCUT2D eigenvalue weighted by atomic mass is 10.1. The smallest absolute Gasteiger partial charge is 0.250 e. The maximum absolute atomic E-state index is 6.23. The van der Waals surface area contributed by atoms with Crippen molar-refractivity contribution in [3.8, 4) is 5.75 Å². The molecule has 4 aromatic rings. The molecule has 0 saturated carbocycles. The van der Waals surface area contributed by atoms with E-state index >= 15 is 0 Å². The fourth-order valence-electron chi connectivity index (χ4n) is 5.07. The number of halogens is 2. The number of nitrogens with zero attached hydrogens (tertiary/aromatic N) is 6. The van der Waals surface area contributed by atoms with Crippen LogP contribution in [0.3, 0.4) is 0 Å². The number of benzene rings is 3. The number of anilines is 3. The molecule has 41 heavy (non-hydrogen) atoms. The van der Waals surface area contributed by atoms with Crippen molar-refractivity contribution in [1.29, 1.82) is 0 Å². The third-order valence-corrected chi connectivity index (χ3v) is 8.37. The fraction of sp³-hybridized carbons (Fsp3) is 0.333. The highest BCUT2D eigenvalue weighted by atomic mass is 79.9. The van der Waals surface area contributed by atoms with Crippen molar-refractivity contribution in [3.63, 3.8) is 0 Å². The largest absolute Gasteiger partial charge is 0.487 e. The lowest BCUT2D eigenvalue weighted by Gasteiger charge is -2.30. The van der Waals surface area contributed by atoms with Crippen molar-refractivity contribution in [1.82, 2.24) is 15.0 Å². The number of fused-ring (bicyclic) bond motifs is 1. The second kappa shape index (κ2) is 13.1. The lowest BCUT2D eigenvalue weighted by molar-refractivity contribution is 0.122. The second-order valence-electron chi connectivity index (χ2n) is 10.0. The SMILES string of the molecule is Brc1cc(/C=N\Nc2nc(N3CCCCC3)nc(N3CCOCC3)n2)cc(Br)c1OCc1cccc2ccccc12. The van der Waals surface area contributed by atoms with Gasteiger partial charge < -0.3 is 19.3 Å². The molecule has 0 amide bonds. The number of morpholine rings is 1. The highest BCUT2D eigenvalue weighted by Gasteiger charge is 2.20. The Kier molecular flexibility index (Phi) is 8.93. The van der Waals surface area contributed by atoms with Crippen LogP contribution >= 0.6 is 31.9 Å². The van der Waals surface area contributed by atoms with Gasteiger partial charge in [-0.15, -0.1) is 0 Å². The van der Waals surface area contributed by atoms with Crippen molar-refractivity contribution in [2.24, 2.45) is 5.10 Å². The molecule has 2 fully saturated rings. The van der Waals surface area contributed by atoms with E-state index < -0.39 is 0 Å². The number of aromatic nitrogens is 3. The Morgan fingerprint density at radius 3 is 2.29 bits per heavy atom. The Morgan fingerprint density at radius 2 is 1.54 bits per heavy atom. The van der Waals surface area contributed by atoms with E-state index in [0.29, 0.717) is 37.7 Å². The molecule has 2 aliphatic heterocycles. The molecular formula is C30H31Br2N7O2. The van der Waals surface area contributed by atoms with Gasteiger partial charge in [-0.3, -0.25) is 0 Å². The molecule has 11 heteroatoms. The second-order valence-corrected chi connectivity index (χ2v) is 11.7. The van der Waals surface area contributed by atoms with Gasteiger partial charge in [-0.05, 0) is 85.2 Å². The minimum atomic E-state index is 0.423. The van der Waals surface area contributed by atoms with Gasteiger partial charge in [-0.25, -0.2) is 5.43 Å². The van der Waals surface area contributed by atoms with Gasteiger partial charge in [0.2, 0.25) is 17.8 Å². The van der Waals surface area contributed by atoms with E-state index in [9.17, 15) is 0 Å². The van der Waals surface area contributed by atoms with Crippen molar-refractivity contribution < 1.29 is 9.47 Å². The zero-order valence-electron chi connectivity index (χ0n) is 22.6. The number of hydrazone groups is 1.